The Labute approximate surface area is 132 Å². The van der Waals surface area contributed by atoms with Gasteiger partial charge in [-0.3, -0.25) is 0 Å². The SMILES string of the molecule is Cc1ccc(S(=O)(=O)C(=NO)c2cc(Cl)ccc2Cl)cc1. The molecule has 2 rings (SSSR count). The predicted molar refractivity (Wildman–Crippen MR) is 83.2 cm³/mol. The number of rotatable bonds is 2. The van der Waals surface area contributed by atoms with Crippen LogP contribution in [0.5, 0.6) is 0 Å². The second kappa shape index (κ2) is 6.05. The van der Waals surface area contributed by atoms with E-state index in [1.54, 1.807) is 12.1 Å². The maximum atomic E-state index is 12.5. The quantitative estimate of drug-likeness (QED) is 0.389. The Balaban J connectivity index is 2.61. The van der Waals surface area contributed by atoms with Crippen LogP contribution in [0, 0.1) is 6.92 Å². The van der Waals surface area contributed by atoms with E-state index in [0.29, 0.717) is 0 Å². The zero-order valence-electron chi connectivity index (χ0n) is 10.9. The van der Waals surface area contributed by atoms with Gasteiger partial charge in [0.05, 0.1) is 9.92 Å². The Hall–Kier alpha value is -1.56. The van der Waals surface area contributed by atoms with Gasteiger partial charge in [0.1, 0.15) is 0 Å². The first kappa shape index (κ1) is 15.8. The first-order valence-electron chi connectivity index (χ1n) is 5.85. The van der Waals surface area contributed by atoms with Crippen LogP contribution in [-0.4, -0.2) is 18.7 Å². The zero-order chi connectivity index (χ0) is 15.6. The Morgan fingerprint density at radius 2 is 1.71 bits per heavy atom. The van der Waals surface area contributed by atoms with E-state index in [9.17, 15) is 8.42 Å². The highest BCUT2D eigenvalue weighted by Gasteiger charge is 2.27. The van der Waals surface area contributed by atoms with Gasteiger partial charge in [-0.1, -0.05) is 46.1 Å². The van der Waals surface area contributed by atoms with Gasteiger partial charge in [-0.05, 0) is 37.3 Å². The van der Waals surface area contributed by atoms with E-state index >= 15 is 0 Å². The molecule has 0 aliphatic carbocycles. The maximum absolute atomic E-state index is 12.5. The fourth-order valence-electron chi connectivity index (χ4n) is 1.74. The molecule has 0 saturated heterocycles. The maximum Gasteiger partial charge on any atom is 0.227 e. The Morgan fingerprint density at radius 3 is 2.29 bits per heavy atom. The molecular weight excluding hydrogens is 333 g/mol. The van der Waals surface area contributed by atoms with Crippen molar-refractivity contribution in [3.05, 3.63) is 63.6 Å². The minimum atomic E-state index is -4.00. The lowest BCUT2D eigenvalue weighted by molar-refractivity contribution is 0.320. The summed E-state index contributed by atoms with van der Waals surface area (Å²) in [6, 6.07) is 10.5. The summed E-state index contributed by atoms with van der Waals surface area (Å²) in [5, 5.41) is 11.9. The highest BCUT2D eigenvalue weighted by molar-refractivity contribution is 8.07. The van der Waals surface area contributed by atoms with E-state index in [1.165, 1.54) is 30.3 Å². The molecule has 0 fully saturated rings. The van der Waals surface area contributed by atoms with Crippen molar-refractivity contribution in [2.24, 2.45) is 5.16 Å². The van der Waals surface area contributed by atoms with E-state index in [1.807, 2.05) is 6.92 Å². The molecule has 0 unspecified atom stereocenters. The molecule has 0 radical (unpaired) electrons. The summed E-state index contributed by atoms with van der Waals surface area (Å²) in [6.07, 6.45) is 0. The lowest BCUT2D eigenvalue weighted by Crippen LogP contribution is -2.17. The summed E-state index contributed by atoms with van der Waals surface area (Å²) in [5.74, 6) is 0. The standard InChI is InChI=1S/C14H11Cl2NO3S/c1-9-2-5-11(6-3-9)21(19,20)14(17-18)12-8-10(15)4-7-13(12)16/h2-8,18H,1H3. The third-order valence-corrected chi connectivity index (χ3v) is 5.10. The molecule has 0 atom stereocenters. The molecule has 0 amide bonds. The van der Waals surface area contributed by atoms with Gasteiger partial charge in [0, 0.05) is 10.6 Å². The van der Waals surface area contributed by atoms with Crippen molar-refractivity contribution >= 4 is 38.1 Å². The zero-order valence-corrected chi connectivity index (χ0v) is 13.2. The Bertz CT molecular complexity index is 799. The second-order valence-electron chi connectivity index (χ2n) is 4.35. The van der Waals surface area contributed by atoms with E-state index in [0.717, 1.165) is 5.56 Å². The average molecular weight is 344 g/mol. The van der Waals surface area contributed by atoms with E-state index in [-0.39, 0.29) is 20.5 Å². The van der Waals surface area contributed by atoms with Crippen LogP contribution in [0.3, 0.4) is 0 Å². The van der Waals surface area contributed by atoms with Crippen LogP contribution < -0.4 is 0 Å². The van der Waals surface area contributed by atoms with Gasteiger partial charge in [-0.15, -0.1) is 0 Å². The average Bonchev–Trinajstić information content (AvgIpc) is 2.43. The molecule has 0 spiro atoms. The van der Waals surface area contributed by atoms with Crippen LogP contribution in [0.2, 0.25) is 10.0 Å². The molecule has 4 nitrogen and oxygen atoms in total. The van der Waals surface area contributed by atoms with Crippen LogP contribution >= 0.6 is 23.2 Å². The van der Waals surface area contributed by atoms with Crippen molar-refractivity contribution in [1.82, 2.24) is 0 Å². The van der Waals surface area contributed by atoms with Crippen molar-refractivity contribution in [1.29, 1.82) is 0 Å². The number of oxime groups is 1. The summed E-state index contributed by atoms with van der Waals surface area (Å²) in [7, 11) is -4.00. The van der Waals surface area contributed by atoms with E-state index in [4.69, 9.17) is 28.4 Å². The van der Waals surface area contributed by atoms with Crippen molar-refractivity contribution in [3.63, 3.8) is 0 Å². The molecule has 21 heavy (non-hydrogen) atoms. The number of hydrogen-bond acceptors (Lipinski definition) is 4. The van der Waals surface area contributed by atoms with Gasteiger partial charge in [-0.25, -0.2) is 8.42 Å². The minimum absolute atomic E-state index is 0.0111. The minimum Gasteiger partial charge on any atom is -0.410 e. The molecular formula is C14H11Cl2NO3S. The van der Waals surface area contributed by atoms with Crippen molar-refractivity contribution in [3.8, 4) is 0 Å². The van der Waals surface area contributed by atoms with Crippen LogP contribution in [0.15, 0.2) is 52.5 Å². The summed E-state index contributed by atoms with van der Waals surface area (Å²) < 4.78 is 25.1. The van der Waals surface area contributed by atoms with Gasteiger partial charge in [0.25, 0.3) is 0 Å². The first-order valence-corrected chi connectivity index (χ1v) is 8.09. The Kier molecular flexibility index (Phi) is 4.56. The van der Waals surface area contributed by atoms with Crippen molar-refractivity contribution in [2.45, 2.75) is 11.8 Å². The number of benzene rings is 2. The molecule has 2 aromatic rings. The summed E-state index contributed by atoms with van der Waals surface area (Å²) >= 11 is 11.8. The number of halogens is 2. The first-order chi connectivity index (χ1) is 9.86. The molecule has 2 aromatic carbocycles. The molecule has 0 saturated carbocycles. The topological polar surface area (TPSA) is 66.7 Å². The van der Waals surface area contributed by atoms with Gasteiger partial charge in [0.15, 0.2) is 0 Å². The van der Waals surface area contributed by atoms with Crippen molar-refractivity contribution < 1.29 is 13.6 Å². The third-order valence-electron chi connectivity index (χ3n) is 2.84. The molecule has 0 bridgehead atoms. The normalized spacial score (nSPS) is 12.4. The van der Waals surface area contributed by atoms with E-state index < -0.39 is 14.9 Å². The smallest absolute Gasteiger partial charge is 0.227 e. The highest BCUT2D eigenvalue weighted by Crippen LogP contribution is 2.26. The molecule has 1 N–H and O–H groups in total. The van der Waals surface area contributed by atoms with Crippen molar-refractivity contribution in [2.75, 3.05) is 0 Å². The highest BCUT2D eigenvalue weighted by atomic mass is 35.5. The second-order valence-corrected chi connectivity index (χ2v) is 7.05. The van der Waals surface area contributed by atoms with Crippen LogP contribution in [0.1, 0.15) is 11.1 Å². The predicted octanol–water partition coefficient (Wildman–Crippen LogP) is 3.91. The number of nitrogens with zero attached hydrogens (tertiary/aromatic N) is 1. The van der Waals surface area contributed by atoms with E-state index in [2.05, 4.69) is 5.16 Å². The number of hydrogen-bond donors (Lipinski definition) is 1. The molecule has 0 aliphatic rings. The van der Waals surface area contributed by atoms with Gasteiger partial charge < -0.3 is 5.21 Å². The van der Waals surface area contributed by atoms with Gasteiger partial charge >= 0.3 is 0 Å². The van der Waals surface area contributed by atoms with Crippen LogP contribution in [0.25, 0.3) is 0 Å². The largest absolute Gasteiger partial charge is 0.410 e. The number of sulfone groups is 1. The summed E-state index contributed by atoms with van der Waals surface area (Å²) in [5.41, 5.74) is 0.962. The molecule has 0 aromatic heterocycles. The van der Waals surface area contributed by atoms with Crippen LogP contribution in [-0.2, 0) is 9.84 Å². The third kappa shape index (κ3) is 3.20. The number of aryl methyl sites for hydroxylation is 1. The summed E-state index contributed by atoms with van der Waals surface area (Å²) in [4.78, 5) is 0.0111. The van der Waals surface area contributed by atoms with Gasteiger partial charge in [0.2, 0.25) is 14.9 Å². The van der Waals surface area contributed by atoms with Gasteiger partial charge in [-0.2, -0.15) is 0 Å². The summed E-state index contributed by atoms with van der Waals surface area (Å²) in [6.45, 7) is 1.84. The fourth-order valence-corrected chi connectivity index (χ4v) is 3.46. The Morgan fingerprint density at radius 1 is 1.10 bits per heavy atom. The monoisotopic (exact) mass is 343 g/mol. The van der Waals surface area contributed by atoms with Crippen LogP contribution in [0.4, 0.5) is 0 Å². The molecule has 7 heteroatoms. The molecule has 0 aliphatic heterocycles. The molecule has 0 heterocycles. The lowest BCUT2D eigenvalue weighted by atomic mass is 10.2. The molecule has 110 valence electrons. The lowest BCUT2D eigenvalue weighted by Gasteiger charge is -2.09. The fraction of sp³-hybridized carbons (Fsp3) is 0.0714.